The molecule has 2 rings (SSSR count). The van der Waals surface area contributed by atoms with Gasteiger partial charge in [0.25, 0.3) is 0 Å². The molecule has 20 heavy (non-hydrogen) atoms. The molecule has 5 heteroatoms. The molecule has 0 aliphatic carbocycles. The molecule has 0 aliphatic rings. The lowest BCUT2D eigenvalue weighted by atomic mass is 9.87. The molecule has 0 fully saturated rings. The van der Waals surface area contributed by atoms with Crippen molar-refractivity contribution in [2.24, 2.45) is 0 Å². The zero-order chi connectivity index (χ0) is 15.1. The second-order valence-corrected chi connectivity index (χ2v) is 5.61. The molecule has 2 aromatic rings. The monoisotopic (exact) mass is 344 g/mol. The third kappa shape index (κ3) is 2.47. The molecule has 0 amide bonds. The van der Waals surface area contributed by atoms with Crippen LogP contribution in [0.25, 0.3) is 0 Å². The first kappa shape index (κ1) is 15.1. The van der Waals surface area contributed by atoms with Crippen molar-refractivity contribution in [1.82, 2.24) is 0 Å². The molecule has 0 saturated carbocycles. The molecule has 1 nitrogen and oxygen atoms in total. The molecule has 0 spiro atoms. The third-order valence-electron chi connectivity index (χ3n) is 3.26. The average molecular weight is 345 g/mol. The van der Waals surface area contributed by atoms with Gasteiger partial charge in [-0.3, -0.25) is 0 Å². The first-order valence-electron chi connectivity index (χ1n) is 5.88. The van der Waals surface area contributed by atoms with Crippen LogP contribution in [0.15, 0.2) is 34.8 Å². The summed E-state index contributed by atoms with van der Waals surface area (Å²) in [5.74, 6) is -2.34. The minimum atomic E-state index is -1.98. The van der Waals surface area contributed by atoms with Crippen molar-refractivity contribution in [3.63, 3.8) is 0 Å². The van der Waals surface area contributed by atoms with Gasteiger partial charge in [0.2, 0.25) is 0 Å². The molecule has 0 bridgehead atoms. The molecular formula is C15H12BrF3O. The summed E-state index contributed by atoms with van der Waals surface area (Å²) in [4.78, 5) is 0. The lowest BCUT2D eigenvalue weighted by Gasteiger charge is -2.26. The first-order valence-corrected chi connectivity index (χ1v) is 6.67. The number of hydrogen-bond acceptors (Lipinski definition) is 1. The van der Waals surface area contributed by atoms with Crippen LogP contribution < -0.4 is 0 Å². The van der Waals surface area contributed by atoms with E-state index in [0.717, 1.165) is 12.1 Å². The number of rotatable bonds is 2. The van der Waals surface area contributed by atoms with E-state index in [9.17, 15) is 18.3 Å². The maximum Gasteiger partial charge on any atom is 0.146 e. The quantitative estimate of drug-likeness (QED) is 0.799. The Labute approximate surface area is 123 Å². The maximum atomic E-state index is 14.1. The Morgan fingerprint density at radius 1 is 1.05 bits per heavy atom. The molecular weight excluding hydrogens is 333 g/mol. The predicted molar refractivity (Wildman–Crippen MR) is 73.9 cm³/mol. The molecule has 0 aromatic heterocycles. The highest BCUT2D eigenvalue weighted by Gasteiger charge is 2.33. The van der Waals surface area contributed by atoms with Crippen LogP contribution >= 0.6 is 15.9 Å². The van der Waals surface area contributed by atoms with Crippen LogP contribution in [0.1, 0.15) is 23.6 Å². The van der Waals surface area contributed by atoms with Crippen LogP contribution in [-0.2, 0) is 5.60 Å². The number of hydrogen-bond donors (Lipinski definition) is 1. The lowest BCUT2D eigenvalue weighted by Crippen LogP contribution is -2.26. The van der Waals surface area contributed by atoms with Gasteiger partial charge in [0.05, 0.1) is 10.0 Å². The molecule has 1 N–H and O–H groups in total. The summed E-state index contributed by atoms with van der Waals surface area (Å²) in [5, 5.41) is 10.5. The van der Waals surface area contributed by atoms with Crippen LogP contribution in [0.5, 0.6) is 0 Å². The topological polar surface area (TPSA) is 20.2 Å². The average Bonchev–Trinajstić information content (AvgIpc) is 2.37. The summed E-state index contributed by atoms with van der Waals surface area (Å²) in [7, 11) is 0. The van der Waals surface area contributed by atoms with Crippen molar-refractivity contribution in [2.75, 3.05) is 0 Å². The van der Waals surface area contributed by atoms with E-state index in [1.165, 1.54) is 25.1 Å². The van der Waals surface area contributed by atoms with Crippen LogP contribution in [0.3, 0.4) is 0 Å². The molecule has 0 heterocycles. The third-order valence-corrected chi connectivity index (χ3v) is 3.88. The molecule has 1 unspecified atom stereocenters. The number of aliphatic hydroxyl groups is 1. The molecule has 0 aliphatic heterocycles. The van der Waals surface area contributed by atoms with Gasteiger partial charge in [0.1, 0.15) is 23.1 Å². The molecule has 2 aromatic carbocycles. The van der Waals surface area contributed by atoms with Crippen LogP contribution in [0.2, 0.25) is 0 Å². The number of benzene rings is 2. The fraction of sp³-hybridized carbons (Fsp3) is 0.200. The molecule has 0 radical (unpaired) electrons. The fourth-order valence-corrected chi connectivity index (χ4v) is 2.34. The van der Waals surface area contributed by atoms with E-state index < -0.39 is 28.6 Å². The molecule has 0 saturated heterocycles. The molecule has 106 valence electrons. The Balaban J connectivity index is 2.66. The van der Waals surface area contributed by atoms with E-state index >= 15 is 0 Å². The van der Waals surface area contributed by atoms with Crippen LogP contribution in [0, 0.1) is 24.4 Å². The van der Waals surface area contributed by atoms with Crippen molar-refractivity contribution in [3.8, 4) is 0 Å². The largest absolute Gasteiger partial charge is 0.380 e. The number of halogens is 4. The summed E-state index contributed by atoms with van der Waals surface area (Å²) in [6.45, 7) is 2.79. The van der Waals surface area contributed by atoms with Crippen molar-refractivity contribution in [2.45, 2.75) is 19.4 Å². The highest BCUT2D eigenvalue weighted by atomic mass is 79.9. The van der Waals surface area contributed by atoms with E-state index in [-0.39, 0.29) is 10.0 Å². The van der Waals surface area contributed by atoms with Crippen molar-refractivity contribution >= 4 is 15.9 Å². The Bertz CT molecular complexity index is 668. The van der Waals surface area contributed by atoms with Gasteiger partial charge in [-0.2, -0.15) is 0 Å². The zero-order valence-electron chi connectivity index (χ0n) is 10.8. The van der Waals surface area contributed by atoms with Gasteiger partial charge in [-0.1, -0.05) is 12.1 Å². The summed E-state index contributed by atoms with van der Waals surface area (Å²) in [6.07, 6.45) is 0. The predicted octanol–water partition coefficient (Wildman–Crippen LogP) is 4.43. The second kappa shape index (κ2) is 5.22. The van der Waals surface area contributed by atoms with Crippen LogP contribution in [-0.4, -0.2) is 5.11 Å². The Morgan fingerprint density at radius 2 is 1.70 bits per heavy atom. The minimum absolute atomic E-state index is 0.0294. The van der Waals surface area contributed by atoms with E-state index in [4.69, 9.17) is 0 Å². The standard InChI is InChI=1S/C15H12BrF3O/c1-8-3-4-9(7-12(8)18)15(2,20)13-11(17)6-5-10(16)14(13)19/h3-7,20H,1-2H3. The first-order chi connectivity index (χ1) is 9.25. The normalized spacial score (nSPS) is 14.2. The SMILES string of the molecule is Cc1ccc(C(C)(O)c2c(F)ccc(Br)c2F)cc1F. The van der Waals surface area contributed by atoms with E-state index in [2.05, 4.69) is 15.9 Å². The minimum Gasteiger partial charge on any atom is -0.380 e. The zero-order valence-corrected chi connectivity index (χ0v) is 12.4. The van der Waals surface area contributed by atoms with E-state index in [1.807, 2.05) is 0 Å². The Morgan fingerprint density at radius 3 is 2.30 bits per heavy atom. The highest BCUT2D eigenvalue weighted by molar-refractivity contribution is 9.10. The van der Waals surface area contributed by atoms with Crippen molar-refractivity contribution in [1.29, 1.82) is 0 Å². The van der Waals surface area contributed by atoms with E-state index in [1.54, 1.807) is 6.92 Å². The summed E-state index contributed by atoms with van der Waals surface area (Å²) in [5.41, 5.74) is -2.03. The Hall–Kier alpha value is -1.33. The van der Waals surface area contributed by atoms with Crippen molar-refractivity contribution < 1.29 is 18.3 Å². The van der Waals surface area contributed by atoms with Gasteiger partial charge in [-0.05, 0) is 59.1 Å². The second-order valence-electron chi connectivity index (χ2n) is 4.75. The van der Waals surface area contributed by atoms with Gasteiger partial charge in [-0.25, -0.2) is 13.2 Å². The van der Waals surface area contributed by atoms with Gasteiger partial charge < -0.3 is 5.11 Å². The van der Waals surface area contributed by atoms with Gasteiger partial charge >= 0.3 is 0 Å². The highest BCUT2D eigenvalue weighted by Crippen LogP contribution is 2.35. The van der Waals surface area contributed by atoms with Gasteiger partial charge in [0.15, 0.2) is 0 Å². The van der Waals surface area contributed by atoms with Crippen LogP contribution in [0.4, 0.5) is 13.2 Å². The van der Waals surface area contributed by atoms with Gasteiger partial charge in [0, 0.05) is 0 Å². The molecule has 1 atom stereocenters. The van der Waals surface area contributed by atoms with E-state index in [0.29, 0.717) is 5.56 Å². The Kier molecular flexibility index (Phi) is 3.93. The fourth-order valence-electron chi connectivity index (χ4n) is 2.01. The van der Waals surface area contributed by atoms with Crippen molar-refractivity contribution in [3.05, 3.63) is 68.9 Å². The lowest BCUT2D eigenvalue weighted by molar-refractivity contribution is 0.0928. The number of aryl methyl sites for hydroxylation is 1. The maximum absolute atomic E-state index is 14.1. The smallest absolute Gasteiger partial charge is 0.146 e. The summed E-state index contributed by atoms with van der Waals surface area (Å²) in [6, 6.07) is 6.22. The summed E-state index contributed by atoms with van der Waals surface area (Å²) >= 11 is 2.94. The van der Waals surface area contributed by atoms with Gasteiger partial charge in [-0.15, -0.1) is 0 Å². The summed E-state index contributed by atoms with van der Waals surface area (Å²) < 4.78 is 41.6.